The third-order valence-corrected chi connectivity index (χ3v) is 3.38. The Morgan fingerprint density at radius 3 is 2.95 bits per heavy atom. The van der Waals surface area contributed by atoms with Gasteiger partial charge in [-0.2, -0.15) is 0 Å². The molecule has 1 aliphatic heterocycles. The minimum Gasteiger partial charge on any atom is -0.497 e. The van der Waals surface area contributed by atoms with Crippen molar-refractivity contribution in [2.75, 3.05) is 13.7 Å². The van der Waals surface area contributed by atoms with Crippen LogP contribution in [-0.4, -0.2) is 31.6 Å². The largest absolute Gasteiger partial charge is 0.497 e. The normalized spacial score (nSPS) is 22.9. The van der Waals surface area contributed by atoms with E-state index in [0.29, 0.717) is 11.8 Å². The van der Waals surface area contributed by atoms with Crippen molar-refractivity contribution in [2.45, 2.75) is 31.8 Å². The van der Waals surface area contributed by atoms with Crippen molar-refractivity contribution in [3.05, 3.63) is 29.6 Å². The van der Waals surface area contributed by atoms with Crippen LogP contribution in [0.15, 0.2) is 18.2 Å². The van der Waals surface area contributed by atoms with E-state index in [1.807, 2.05) is 0 Å². The number of ether oxygens (including phenoxy) is 1. The van der Waals surface area contributed by atoms with E-state index in [-0.39, 0.29) is 17.5 Å². The molecule has 1 amide bonds. The number of nitrogens with one attached hydrogen (secondary N) is 2. The Kier molecular flexibility index (Phi) is 4.37. The highest BCUT2D eigenvalue weighted by molar-refractivity contribution is 5.94. The monoisotopic (exact) mass is 266 g/mol. The smallest absolute Gasteiger partial charge is 0.254 e. The van der Waals surface area contributed by atoms with Crippen LogP contribution in [0.4, 0.5) is 4.39 Å². The number of carbonyl (C=O) groups is 1. The zero-order valence-corrected chi connectivity index (χ0v) is 11.2. The fourth-order valence-electron chi connectivity index (χ4n) is 2.33. The molecule has 1 aromatic rings. The Balaban J connectivity index is 2.03. The molecule has 0 bridgehead atoms. The molecular formula is C14H19FN2O2. The molecule has 0 aromatic heterocycles. The van der Waals surface area contributed by atoms with Gasteiger partial charge in [0, 0.05) is 18.2 Å². The summed E-state index contributed by atoms with van der Waals surface area (Å²) in [6.45, 7) is 2.95. The number of hydrogen-bond acceptors (Lipinski definition) is 3. The summed E-state index contributed by atoms with van der Waals surface area (Å²) in [7, 11) is 1.46. The topological polar surface area (TPSA) is 50.4 Å². The Labute approximate surface area is 112 Å². The average molecular weight is 266 g/mol. The molecular weight excluding hydrogens is 247 g/mol. The van der Waals surface area contributed by atoms with Crippen molar-refractivity contribution in [3.8, 4) is 5.75 Å². The number of benzene rings is 1. The fourth-order valence-corrected chi connectivity index (χ4v) is 2.33. The average Bonchev–Trinajstić information content (AvgIpc) is 2.38. The summed E-state index contributed by atoms with van der Waals surface area (Å²) in [6.07, 6.45) is 1.73. The zero-order valence-electron chi connectivity index (χ0n) is 11.2. The number of methoxy groups -OCH3 is 1. The third-order valence-electron chi connectivity index (χ3n) is 3.38. The van der Waals surface area contributed by atoms with E-state index in [0.717, 1.165) is 19.4 Å². The summed E-state index contributed by atoms with van der Waals surface area (Å²) in [5.74, 6) is -0.511. The van der Waals surface area contributed by atoms with Crippen molar-refractivity contribution in [1.82, 2.24) is 10.6 Å². The minimum absolute atomic E-state index is 0.0620. The van der Waals surface area contributed by atoms with Crippen LogP contribution in [0.1, 0.15) is 30.1 Å². The van der Waals surface area contributed by atoms with E-state index < -0.39 is 5.82 Å². The molecule has 2 unspecified atom stereocenters. The van der Waals surface area contributed by atoms with Crippen molar-refractivity contribution < 1.29 is 13.9 Å². The summed E-state index contributed by atoms with van der Waals surface area (Å²) >= 11 is 0. The van der Waals surface area contributed by atoms with Gasteiger partial charge in [-0.15, -0.1) is 0 Å². The first-order chi connectivity index (χ1) is 9.10. The van der Waals surface area contributed by atoms with Gasteiger partial charge in [0.1, 0.15) is 11.6 Å². The van der Waals surface area contributed by atoms with Crippen LogP contribution in [0.3, 0.4) is 0 Å². The second-order valence-electron chi connectivity index (χ2n) is 4.90. The Hall–Kier alpha value is -1.62. The maximum Gasteiger partial charge on any atom is 0.254 e. The second-order valence-corrected chi connectivity index (χ2v) is 4.90. The molecule has 2 N–H and O–H groups in total. The first-order valence-electron chi connectivity index (χ1n) is 6.48. The van der Waals surface area contributed by atoms with E-state index in [9.17, 15) is 9.18 Å². The van der Waals surface area contributed by atoms with Crippen molar-refractivity contribution in [3.63, 3.8) is 0 Å². The van der Waals surface area contributed by atoms with Crippen LogP contribution in [0.5, 0.6) is 5.75 Å². The zero-order chi connectivity index (χ0) is 13.8. The van der Waals surface area contributed by atoms with E-state index >= 15 is 0 Å². The summed E-state index contributed by atoms with van der Waals surface area (Å²) in [6, 6.07) is 4.74. The maximum atomic E-state index is 13.8. The van der Waals surface area contributed by atoms with Gasteiger partial charge < -0.3 is 15.4 Å². The molecule has 1 saturated heterocycles. The molecule has 0 saturated carbocycles. The molecule has 4 nitrogen and oxygen atoms in total. The van der Waals surface area contributed by atoms with Crippen molar-refractivity contribution in [1.29, 1.82) is 0 Å². The van der Waals surface area contributed by atoms with Crippen LogP contribution < -0.4 is 15.4 Å². The summed E-state index contributed by atoms with van der Waals surface area (Å²) < 4.78 is 18.7. The molecule has 1 aliphatic rings. The first-order valence-corrected chi connectivity index (χ1v) is 6.48. The van der Waals surface area contributed by atoms with Gasteiger partial charge in [-0.25, -0.2) is 4.39 Å². The highest BCUT2D eigenvalue weighted by Gasteiger charge is 2.21. The lowest BCUT2D eigenvalue weighted by atomic mass is 10.00. The molecule has 2 rings (SSSR count). The molecule has 0 aliphatic carbocycles. The number of piperidine rings is 1. The summed E-state index contributed by atoms with van der Waals surface area (Å²) in [4.78, 5) is 12.0. The van der Waals surface area contributed by atoms with E-state index in [1.165, 1.54) is 19.2 Å². The molecule has 5 heteroatoms. The van der Waals surface area contributed by atoms with Gasteiger partial charge in [0.2, 0.25) is 0 Å². The standard InChI is InChI=1S/C14H19FN2O2/c1-9-7-10(5-6-16-9)17-14(18)12-4-3-11(19-2)8-13(12)15/h3-4,8-10,16H,5-7H2,1-2H3,(H,17,18). The van der Waals surface area contributed by atoms with Gasteiger partial charge in [-0.05, 0) is 38.4 Å². The number of amides is 1. The molecule has 1 fully saturated rings. The molecule has 1 aromatic carbocycles. The number of rotatable bonds is 3. The van der Waals surface area contributed by atoms with E-state index in [2.05, 4.69) is 17.6 Å². The molecule has 19 heavy (non-hydrogen) atoms. The molecule has 0 spiro atoms. The van der Waals surface area contributed by atoms with Crippen molar-refractivity contribution in [2.24, 2.45) is 0 Å². The predicted molar refractivity (Wildman–Crippen MR) is 70.9 cm³/mol. The highest BCUT2D eigenvalue weighted by atomic mass is 19.1. The van der Waals surface area contributed by atoms with Gasteiger partial charge in [0.05, 0.1) is 12.7 Å². The van der Waals surface area contributed by atoms with Gasteiger partial charge >= 0.3 is 0 Å². The molecule has 104 valence electrons. The van der Waals surface area contributed by atoms with Crippen LogP contribution in [-0.2, 0) is 0 Å². The van der Waals surface area contributed by atoms with Crippen molar-refractivity contribution >= 4 is 5.91 Å². The first kappa shape index (κ1) is 13.8. The van der Waals surface area contributed by atoms with E-state index in [4.69, 9.17) is 4.74 Å². The summed E-state index contributed by atoms with van der Waals surface area (Å²) in [5, 5.41) is 6.19. The van der Waals surface area contributed by atoms with Crippen LogP contribution in [0.2, 0.25) is 0 Å². The fraction of sp³-hybridized carbons (Fsp3) is 0.500. The third kappa shape index (κ3) is 3.44. The lowest BCUT2D eigenvalue weighted by Crippen LogP contribution is -2.46. The lowest BCUT2D eigenvalue weighted by molar-refractivity contribution is 0.0921. The summed E-state index contributed by atoms with van der Waals surface area (Å²) in [5.41, 5.74) is 0.0620. The van der Waals surface area contributed by atoms with Gasteiger partial charge in [-0.3, -0.25) is 4.79 Å². The predicted octanol–water partition coefficient (Wildman–Crippen LogP) is 1.70. The lowest BCUT2D eigenvalue weighted by Gasteiger charge is -2.28. The minimum atomic E-state index is -0.557. The number of hydrogen-bond donors (Lipinski definition) is 2. The Morgan fingerprint density at radius 1 is 1.53 bits per heavy atom. The van der Waals surface area contributed by atoms with Crippen LogP contribution in [0, 0.1) is 5.82 Å². The quantitative estimate of drug-likeness (QED) is 0.875. The maximum absolute atomic E-state index is 13.8. The highest BCUT2D eigenvalue weighted by Crippen LogP contribution is 2.17. The van der Waals surface area contributed by atoms with Crippen LogP contribution in [0.25, 0.3) is 0 Å². The molecule has 2 atom stereocenters. The van der Waals surface area contributed by atoms with Crippen LogP contribution >= 0.6 is 0 Å². The Bertz CT molecular complexity index is 465. The molecule has 0 radical (unpaired) electrons. The van der Waals surface area contributed by atoms with Gasteiger partial charge in [0.15, 0.2) is 0 Å². The van der Waals surface area contributed by atoms with Gasteiger partial charge in [0.25, 0.3) is 5.91 Å². The Morgan fingerprint density at radius 2 is 2.32 bits per heavy atom. The molecule has 1 heterocycles. The number of carbonyl (C=O) groups excluding carboxylic acids is 1. The van der Waals surface area contributed by atoms with E-state index in [1.54, 1.807) is 6.07 Å². The SMILES string of the molecule is COc1ccc(C(=O)NC2CCNC(C)C2)c(F)c1. The van der Waals surface area contributed by atoms with Gasteiger partial charge in [-0.1, -0.05) is 0 Å². The second kappa shape index (κ2) is 6.02. The number of halogens is 1.